The van der Waals surface area contributed by atoms with Crippen LogP contribution in [0.4, 0.5) is 28.4 Å². The number of anilines is 5. The van der Waals surface area contributed by atoms with Gasteiger partial charge in [0.25, 0.3) is 0 Å². The van der Waals surface area contributed by atoms with Gasteiger partial charge in [-0.05, 0) is 131 Å². The molecule has 9 aromatic carbocycles. The lowest BCUT2D eigenvalue weighted by molar-refractivity contribution is 0.590. The summed E-state index contributed by atoms with van der Waals surface area (Å²) in [6.07, 6.45) is 0. The standard InChI is InChI=1S/C63H49BN2/c1-38-33-47-44-24-18-29-52-60(44)66(56-30-17-16-28-51(56)63(52)49-26-14-11-21-41(49)42-22-12-15-27-50(42)63)64-54-36-46-43-23-10-13-25-48(43)62(5,6)53(46)37-57(54)65(58(34-38)59(47)64)55-32-31-40(61(2,3)4)35-45(55)39-19-8-7-9-20-39/h7-37H,1-6H3. The van der Waals surface area contributed by atoms with Gasteiger partial charge in [-0.25, -0.2) is 0 Å². The Morgan fingerprint density at radius 3 is 1.74 bits per heavy atom. The molecule has 314 valence electrons. The van der Waals surface area contributed by atoms with E-state index in [0.29, 0.717) is 0 Å². The lowest BCUT2D eigenvalue weighted by Crippen LogP contribution is -2.63. The summed E-state index contributed by atoms with van der Waals surface area (Å²) in [5, 5.41) is 0. The van der Waals surface area contributed by atoms with Crippen LogP contribution in [0.2, 0.25) is 0 Å². The van der Waals surface area contributed by atoms with Gasteiger partial charge >= 0.3 is 6.85 Å². The SMILES string of the molecule is Cc1cc2c3c(c1)N(c1ccc(C(C)(C)C)cc1-c1ccccc1)c1cc4c(cc1B3N1c3ccccc3C3(c5ccccc5-c5ccccc53)c3cccc-2c31)-c1ccccc1C4(C)C. The summed E-state index contributed by atoms with van der Waals surface area (Å²) in [5.74, 6) is 0. The van der Waals surface area contributed by atoms with Crippen molar-refractivity contribution in [2.75, 3.05) is 9.71 Å². The fourth-order valence-electron chi connectivity index (χ4n) is 13.2. The number of hydrogen-bond donors (Lipinski definition) is 0. The van der Waals surface area contributed by atoms with Crippen molar-refractivity contribution in [1.29, 1.82) is 0 Å². The van der Waals surface area contributed by atoms with Crippen molar-refractivity contribution in [1.82, 2.24) is 0 Å². The maximum absolute atomic E-state index is 2.77. The van der Waals surface area contributed by atoms with Gasteiger partial charge < -0.3 is 9.71 Å². The molecule has 0 saturated heterocycles. The summed E-state index contributed by atoms with van der Waals surface area (Å²) in [5.41, 5.74) is 29.5. The molecule has 1 spiro atoms. The van der Waals surface area contributed by atoms with Gasteiger partial charge in [0, 0.05) is 39.3 Å². The molecule has 66 heavy (non-hydrogen) atoms. The van der Waals surface area contributed by atoms with E-state index >= 15 is 0 Å². The van der Waals surface area contributed by atoms with E-state index in [1.807, 2.05) is 0 Å². The average molecular weight is 845 g/mol. The number of para-hydroxylation sites is 2. The van der Waals surface area contributed by atoms with Gasteiger partial charge in [0.05, 0.1) is 11.1 Å². The fourth-order valence-corrected chi connectivity index (χ4v) is 13.2. The quantitative estimate of drug-likeness (QED) is 0.160. The highest BCUT2D eigenvalue weighted by atomic mass is 15.2. The van der Waals surface area contributed by atoms with Crippen molar-refractivity contribution in [3.05, 3.63) is 233 Å². The third-order valence-corrected chi connectivity index (χ3v) is 16.0. The summed E-state index contributed by atoms with van der Waals surface area (Å²) in [6, 6.07) is 72.5. The Hall–Kier alpha value is -7.36. The van der Waals surface area contributed by atoms with Gasteiger partial charge in [-0.1, -0.05) is 192 Å². The van der Waals surface area contributed by atoms with Crippen LogP contribution in [0.5, 0.6) is 0 Å². The molecule has 3 aliphatic heterocycles. The lowest BCUT2D eigenvalue weighted by Gasteiger charge is -2.52. The second-order valence-corrected chi connectivity index (χ2v) is 20.9. The molecule has 2 nitrogen and oxygen atoms in total. The molecule has 0 atom stereocenters. The van der Waals surface area contributed by atoms with E-state index in [0.717, 1.165) is 0 Å². The Labute approximate surface area is 389 Å². The topological polar surface area (TPSA) is 6.48 Å². The maximum atomic E-state index is 2.77. The van der Waals surface area contributed by atoms with Crippen molar-refractivity contribution >= 4 is 46.2 Å². The van der Waals surface area contributed by atoms with E-state index in [4.69, 9.17) is 0 Å². The van der Waals surface area contributed by atoms with Crippen LogP contribution in [-0.4, -0.2) is 6.85 Å². The van der Waals surface area contributed by atoms with Crippen LogP contribution in [0.3, 0.4) is 0 Å². The molecule has 2 aliphatic carbocycles. The number of benzene rings is 9. The molecule has 0 saturated carbocycles. The highest BCUT2D eigenvalue weighted by molar-refractivity contribution is 6.94. The monoisotopic (exact) mass is 844 g/mol. The minimum Gasteiger partial charge on any atom is -0.376 e. The zero-order valence-electron chi connectivity index (χ0n) is 38.4. The Morgan fingerprint density at radius 1 is 0.424 bits per heavy atom. The summed E-state index contributed by atoms with van der Waals surface area (Å²) in [7, 11) is 0. The molecule has 9 aromatic rings. The van der Waals surface area contributed by atoms with Gasteiger partial charge in [0.1, 0.15) is 0 Å². The molecule has 5 aliphatic rings. The zero-order chi connectivity index (χ0) is 44.4. The predicted octanol–water partition coefficient (Wildman–Crippen LogP) is 14.6. The molecule has 14 rings (SSSR count). The Morgan fingerprint density at radius 2 is 1.03 bits per heavy atom. The zero-order valence-corrected chi connectivity index (χ0v) is 38.4. The molecule has 0 bridgehead atoms. The highest BCUT2D eigenvalue weighted by Gasteiger charge is 2.56. The van der Waals surface area contributed by atoms with Gasteiger partial charge in [0.15, 0.2) is 0 Å². The van der Waals surface area contributed by atoms with E-state index in [-0.39, 0.29) is 17.7 Å². The van der Waals surface area contributed by atoms with Gasteiger partial charge in [-0.2, -0.15) is 0 Å². The van der Waals surface area contributed by atoms with Crippen molar-refractivity contribution < 1.29 is 0 Å². The molecule has 0 fully saturated rings. The second-order valence-electron chi connectivity index (χ2n) is 20.9. The molecule has 3 heterocycles. The van der Waals surface area contributed by atoms with E-state index in [9.17, 15) is 0 Å². The fraction of sp³-hybridized carbons (Fsp3) is 0.143. The molecule has 0 aromatic heterocycles. The smallest absolute Gasteiger partial charge is 0.333 e. The van der Waals surface area contributed by atoms with E-state index in [1.54, 1.807) is 0 Å². The second kappa shape index (κ2) is 12.9. The Bertz CT molecular complexity index is 3540. The van der Waals surface area contributed by atoms with Crippen LogP contribution in [0, 0.1) is 6.92 Å². The van der Waals surface area contributed by atoms with Crippen LogP contribution >= 0.6 is 0 Å². The van der Waals surface area contributed by atoms with E-state index < -0.39 is 5.41 Å². The molecular formula is C63H49BN2. The van der Waals surface area contributed by atoms with Crippen LogP contribution in [0.1, 0.15) is 79.1 Å². The van der Waals surface area contributed by atoms with Crippen molar-refractivity contribution in [3.63, 3.8) is 0 Å². The first kappa shape index (κ1) is 38.0. The molecule has 0 radical (unpaired) electrons. The van der Waals surface area contributed by atoms with Gasteiger partial charge in [0.2, 0.25) is 0 Å². The molecular weight excluding hydrogens is 796 g/mol. The normalized spacial score (nSPS) is 15.6. The van der Waals surface area contributed by atoms with Crippen LogP contribution in [0.25, 0.3) is 44.5 Å². The van der Waals surface area contributed by atoms with Crippen LogP contribution in [0.15, 0.2) is 188 Å². The lowest BCUT2D eigenvalue weighted by atomic mass is 9.42. The summed E-state index contributed by atoms with van der Waals surface area (Å²) < 4.78 is 0. The number of nitrogens with zero attached hydrogens (tertiary/aromatic N) is 2. The highest BCUT2D eigenvalue weighted by Crippen LogP contribution is 2.65. The first-order chi connectivity index (χ1) is 32.1. The third kappa shape index (κ3) is 4.68. The minimum absolute atomic E-state index is 0.0210. The predicted molar refractivity (Wildman–Crippen MR) is 277 cm³/mol. The first-order valence-electron chi connectivity index (χ1n) is 23.7. The van der Waals surface area contributed by atoms with Gasteiger partial charge in [-0.15, -0.1) is 0 Å². The molecule has 0 unspecified atom stereocenters. The van der Waals surface area contributed by atoms with E-state index in [2.05, 4.69) is 239 Å². The largest absolute Gasteiger partial charge is 0.376 e. The minimum atomic E-state index is -0.487. The van der Waals surface area contributed by atoms with Crippen molar-refractivity contribution in [2.45, 2.75) is 57.8 Å². The first-order valence-corrected chi connectivity index (χ1v) is 23.7. The average Bonchev–Trinajstić information content (AvgIpc) is 3.75. The molecule has 0 N–H and O–H groups in total. The van der Waals surface area contributed by atoms with Crippen LogP contribution in [-0.2, 0) is 16.2 Å². The summed E-state index contributed by atoms with van der Waals surface area (Å²) in [6.45, 7) is 14.0. The third-order valence-electron chi connectivity index (χ3n) is 16.0. The Balaban J connectivity index is 1.14. The van der Waals surface area contributed by atoms with Crippen LogP contribution < -0.4 is 20.6 Å². The Kier molecular flexibility index (Phi) is 7.43. The summed E-state index contributed by atoms with van der Waals surface area (Å²) >= 11 is 0. The number of fused-ring (bicyclic) bond motifs is 16. The molecule has 0 amide bonds. The number of aryl methyl sites for hydroxylation is 1. The molecule has 3 heteroatoms. The van der Waals surface area contributed by atoms with Crippen molar-refractivity contribution in [2.24, 2.45) is 0 Å². The maximum Gasteiger partial charge on any atom is 0.333 e. The van der Waals surface area contributed by atoms with Gasteiger partial charge in [-0.3, -0.25) is 0 Å². The summed E-state index contributed by atoms with van der Waals surface area (Å²) in [4.78, 5) is 5.42. The van der Waals surface area contributed by atoms with E-state index in [1.165, 1.54) is 128 Å². The number of hydrogen-bond acceptors (Lipinski definition) is 2. The number of rotatable bonds is 2. The van der Waals surface area contributed by atoms with Crippen molar-refractivity contribution in [3.8, 4) is 44.5 Å².